The number of amides is 2. The van der Waals surface area contributed by atoms with Gasteiger partial charge in [0, 0.05) is 31.0 Å². The van der Waals surface area contributed by atoms with Crippen LogP contribution in [0.25, 0.3) is 0 Å². The Kier molecular flexibility index (Phi) is 4.78. The minimum absolute atomic E-state index is 0.173. The van der Waals surface area contributed by atoms with Crippen molar-refractivity contribution >= 4 is 23.2 Å². The van der Waals surface area contributed by atoms with Crippen molar-refractivity contribution in [3.63, 3.8) is 0 Å². The molecule has 5 heteroatoms. The molecule has 0 saturated heterocycles. The number of nitrogens with zero attached hydrogens (tertiary/aromatic N) is 1. The summed E-state index contributed by atoms with van der Waals surface area (Å²) in [5.74, 6) is -0.550. The largest absolute Gasteiger partial charge is 0.378 e. The van der Waals surface area contributed by atoms with Crippen LogP contribution >= 0.6 is 0 Å². The molecule has 114 valence electrons. The summed E-state index contributed by atoms with van der Waals surface area (Å²) >= 11 is 0. The van der Waals surface area contributed by atoms with Crippen molar-refractivity contribution in [2.75, 3.05) is 24.3 Å². The van der Waals surface area contributed by atoms with Gasteiger partial charge in [0.15, 0.2) is 0 Å². The van der Waals surface area contributed by atoms with E-state index in [0.29, 0.717) is 11.3 Å². The lowest BCUT2D eigenvalue weighted by atomic mass is 10.1. The Morgan fingerprint density at radius 3 is 2.09 bits per heavy atom. The van der Waals surface area contributed by atoms with Crippen LogP contribution in [0.3, 0.4) is 0 Å². The molecule has 0 fully saturated rings. The molecule has 0 aliphatic heterocycles. The summed E-state index contributed by atoms with van der Waals surface area (Å²) in [5.41, 5.74) is 8.26. The first kappa shape index (κ1) is 15.6. The number of primary amides is 1. The van der Waals surface area contributed by atoms with Crippen LogP contribution in [0, 0.1) is 0 Å². The van der Waals surface area contributed by atoms with E-state index < -0.39 is 0 Å². The summed E-state index contributed by atoms with van der Waals surface area (Å²) in [7, 11) is 3.89. The molecule has 2 aromatic carbocycles. The average molecular weight is 297 g/mol. The maximum Gasteiger partial charge on any atom is 0.255 e. The smallest absolute Gasteiger partial charge is 0.255 e. The molecule has 2 aromatic rings. The summed E-state index contributed by atoms with van der Waals surface area (Å²) in [5, 5.41) is 2.82. The van der Waals surface area contributed by atoms with E-state index in [4.69, 9.17) is 5.73 Å². The van der Waals surface area contributed by atoms with Crippen molar-refractivity contribution in [2.24, 2.45) is 5.73 Å². The minimum Gasteiger partial charge on any atom is -0.378 e. The molecule has 0 atom stereocenters. The first-order valence-electron chi connectivity index (χ1n) is 6.91. The molecule has 0 aliphatic carbocycles. The molecule has 0 spiro atoms. The van der Waals surface area contributed by atoms with Gasteiger partial charge in [-0.05, 0) is 42.0 Å². The van der Waals surface area contributed by atoms with Crippen LogP contribution in [0.5, 0.6) is 0 Å². The normalized spacial score (nSPS) is 10.1. The predicted molar refractivity (Wildman–Crippen MR) is 88.1 cm³/mol. The third-order valence-electron chi connectivity index (χ3n) is 3.24. The van der Waals surface area contributed by atoms with Gasteiger partial charge in [0.05, 0.1) is 6.42 Å². The molecule has 0 radical (unpaired) electrons. The van der Waals surface area contributed by atoms with E-state index in [-0.39, 0.29) is 18.2 Å². The number of rotatable bonds is 5. The van der Waals surface area contributed by atoms with Crippen molar-refractivity contribution in [1.82, 2.24) is 0 Å². The van der Waals surface area contributed by atoms with Gasteiger partial charge < -0.3 is 16.0 Å². The number of nitrogens with one attached hydrogen (secondary N) is 1. The molecular formula is C17H19N3O2. The van der Waals surface area contributed by atoms with Crippen LogP contribution in [0.2, 0.25) is 0 Å². The molecule has 3 N–H and O–H groups in total. The molecule has 5 nitrogen and oxygen atoms in total. The van der Waals surface area contributed by atoms with E-state index in [1.165, 1.54) is 0 Å². The zero-order valence-electron chi connectivity index (χ0n) is 12.7. The average Bonchev–Trinajstić information content (AvgIpc) is 2.49. The molecular weight excluding hydrogens is 278 g/mol. The Hall–Kier alpha value is -2.82. The zero-order chi connectivity index (χ0) is 16.1. The summed E-state index contributed by atoms with van der Waals surface area (Å²) < 4.78 is 0. The number of anilines is 2. The van der Waals surface area contributed by atoms with Crippen LogP contribution in [-0.4, -0.2) is 25.9 Å². The third-order valence-corrected chi connectivity index (χ3v) is 3.24. The standard InChI is InChI=1S/C17H19N3O2/c1-20(2)15-9-5-13(6-10-15)17(22)19-14-7-3-12(4-8-14)11-16(18)21/h3-10H,11H2,1-2H3,(H2,18,21)(H,19,22). The van der Waals surface area contributed by atoms with E-state index in [1.54, 1.807) is 36.4 Å². The highest BCUT2D eigenvalue weighted by Crippen LogP contribution is 2.15. The number of carbonyl (C=O) groups is 2. The Morgan fingerprint density at radius 2 is 1.59 bits per heavy atom. The lowest BCUT2D eigenvalue weighted by Gasteiger charge is -2.12. The number of hydrogen-bond acceptors (Lipinski definition) is 3. The second kappa shape index (κ2) is 6.76. The Balaban J connectivity index is 2.03. The summed E-state index contributed by atoms with van der Waals surface area (Å²) in [6, 6.07) is 14.4. The van der Waals surface area contributed by atoms with Gasteiger partial charge in [-0.2, -0.15) is 0 Å². The molecule has 2 rings (SSSR count). The number of carbonyl (C=O) groups excluding carboxylic acids is 2. The van der Waals surface area contributed by atoms with Gasteiger partial charge in [-0.1, -0.05) is 12.1 Å². The van der Waals surface area contributed by atoms with Gasteiger partial charge in [-0.25, -0.2) is 0 Å². The van der Waals surface area contributed by atoms with E-state index >= 15 is 0 Å². The first-order valence-corrected chi connectivity index (χ1v) is 6.91. The second-order valence-electron chi connectivity index (χ2n) is 5.24. The number of hydrogen-bond donors (Lipinski definition) is 2. The van der Waals surface area contributed by atoms with Crippen molar-refractivity contribution in [2.45, 2.75) is 6.42 Å². The van der Waals surface area contributed by atoms with Gasteiger partial charge in [0.2, 0.25) is 5.91 Å². The maximum atomic E-state index is 12.2. The zero-order valence-corrected chi connectivity index (χ0v) is 12.7. The number of nitrogens with two attached hydrogens (primary N) is 1. The van der Waals surface area contributed by atoms with Gasteiger partial charge in [-0.15, -0.1) is 0 Å². The van der Waals surface area contributed by atoms with Gasteiger partial charge in [0.25, 0.3) is 5.91 Å². The van der Waals surface area contributed by atoms with Crippen LogP contribution in [0.1, 0.15) is 15.9 Å². The fourth-order valence-corrected chi connectivity index (χ4v) is 2.02. The Morgan fingerprint density at radius 1 is 1.00 bits per heavy atom. The van der Waals surface area contributed by atoms with Crippen LogP contribution in [0.15, 0.2) is 48.5 Å². The molecule has 0 unspecified atom stereocenters. The highest BCUT2D eigenvalue weighted by Gasteiger charge is 2.07. The second-order valence-corrected chi connectivity index (χ2v) is 5.24. The molecule has 2 amide bonds. The topological polar surface area (TPSA) is 75.4 Å². The highest BCUT2D eigenvalue weighted by atomic mass is 16.2. The molecule has 0 aromatic heterocycles. The third kappa shape index (κ3) is 4.09. The van der Waals surface area contributed by atoms with Crippen LogP contribution in [0.4, 0.5) is 11.4 Å². The van der Waals surface area contributed by atoms with E-state index in [0.717, 1.165) is 11.3 Å². The van der Waals surface area contributed by atoms with Crippen molar-refractivity contribution in [1.29, 1.82) is 0 Å². The summed E-state index contributed by atoms with van der Waals surface area (Å²) in [6.45, 7) is 0. The molecule has 22 heavy (non-hydrogen) atoms. The van der Waals surface area contributed by atoms with Gasteiger partial charge >= 0.3 is 0 Å². The minimum atomic E-state index is -0.377. The fourth-order valence-electron chi connectivity index (χ4n) is 2.02. The molecule has 0 aliphatic rings. The van der Waals surface area contributed by atoms with Crippen LogP contribution in [-0.2, 0) is 11.2 Å². The summed E-state index contributed by atoms with van der Waals surface area (Å²) in [4.78, 5) is 25.0. The van der Waals surface area contributed by atoms with E-state index in [9.17, 15) is 9.59 Å². The van der Waals surface area contributed by atoms with Gasteiger partial charge in [0.1, 0.15) is 0 Å². The monoisotopic (exact) mass is 297 g/mol. The van der Waals surface area contributed by atoms with E-state index in [2.05, 4.69) is 5.32 Å². The first-order chi connectivity index (χ1) is 10.5. The number of benzene rings is 2. The lowest BCUT2D eigenvalue weighted by molar-refractivity contribution is -0.117. The van der Waals surface area contributed by atoms with Crippen LogP contribution < -0.4 is 16.0 Å². The highest BCUT2D eigenvalue weighted by molar-refractivity contribution is 6.04. The predicted octanol–water partition coefficient (Wildman–Crippen LogP) is 2.03. The quantitative estimate of drug-likeness (QED) is 0.886. The summed E-state index contributed by atoms with van der Waals surface area (Å²) in [6.07, 6.45) is 0.195. The lowest BCUT2D eigenvalue weighted by Crippen LogP contribution is -2.14. The van der Waals surface area contributed by atoms with Gasteiger partial charge in [-0.3, -0.25) is 9.59 Å². The maximum absolute atomic E-state index is 12.2. The Labute approximate surface area is 129 Å². The molecule has 0 bridgehead atoms. The van der Waals surface area contributed by atoms with Crippen molar-refractivity contribution in [3.8, 4) is 0 Å². The van der Waals surface area contributed by atoms with Crippen molar-refractivity contribution < 1.29 is 9.59 Å². The van der Waals surface area contributed by atoms with Crippen molar-refractivity contribution in [3.05, 3.63) is 59.7 Å². The fraction of sp³-hybridized carbons (Fsp3) is 0.176. The van der Waals surface area contributed by atoms with E-state index in [1.807, 2.05) is 31.1 Å². The molecule has 0 heterocycles. The SMILES string of the molecule is CN(C)c1ccc(C(=O)Nc2ccc(CC(N)=O)cc2)cc1. The molecule has 0 saturated carbocycles. The Bertz CT molecular complexity index is 661.